The molecule has 0 aromatic heterocycles. The Morgan fingerprint density at radius 1 is 1.57 bits per heavy atom. The number of aliphatic imine (C=N–C) groups is 1. The summed E-state index contributed by atoms with van der Waals surface area (Å²) in [5, 5.41) is 3.65. The van der Waals surface area contributed by atoms with E-state index in [2.05, 4.69) is 31.7 Å². The third-order valence-electron chi connectivity index (χ3n) is 1.54. The molecule has 0 aliphatic rings. The number of nitrogens with two attached hydrogens (primary N) is 1. The molecule has 4 nitrogen and oxygen atoms in total. The first-order chi connectivity index (χ1) is 6.67. The van der Waals surface area contributed by atoms with Crippen molar-refractivity contribution in [1.82, 2.24) is 5.43 Å². The molecule has 0 bridgehead atoms. The molecule has 1 rings (SSSR count). The van der Waals surface area contributed by atoms with Crippen LogP contribution in [0, 0.1) is 0 Å². The van der Waals surface area contributed by atoms with Gasteiger partial charge in [-0.1, -0.05) is 11.6 Å². The molecule has 0 saturated carbocycles. The zero-order chi connectivity index (χ0) is 10.6. The lowest BCUT2D eigenvalue weighted by Gasteiger charge is -2.09. The van der Waals surface area contributed by atoms with Gasteiger partial charge in [-0.2, -0.15) is 0 Å². The Morgan fingerprint density at radius 3 is 2.79 bits per heavy atom. The van der Waals surface area contributed by atoms with Gasteiger partial charge in [-0.3, -0.25) is 10.4 Å². The minimum absolute atomic E-state index is 0.480. The third-order valence-corrected chi connectivity index (χ3v) is 2.44. The largest absolute Gasteiger partial charge is 0.324 e. The molecule has 0 heterocycles. The molecule has 0 radical (unpaired) electrons. The van der Waals surface area contributed by atoms with Gasteiger partial charge in [-0.25, -0.2) is 5.84 Å². The van der Waals surface area contributed by atoms with Crippen molar-refractivity contribution in [2.45, 2.75) is 0 Å². The maximum Gasteiger partial charge on any atom is 0.210 e. The van der Waals surface area contributed by atoms with Crippen LogP contribution in [0.5, 0.6) is 0 Å². The van der Waals surface area contributed by atoms with E-state index in [0.29, 0.717) is 11.0 Å². The predicted molar refractivity (Wildman–Crippen MR) is 63.5 cm³/mol. The van der Waals surface area contributed by atoms with Crippen LogP contribution in [0.4, 0.5) is 5.69 Å². The molecule has 1 aromatic rings. The molecular weight excluding hydrogens is 267 g/mol. The van der Waals surface area contributed by atoms with Crippen molar-refractivity contribution in [3.05, 3.63) is 27.7 Å². The minimum Gasteiger partial charge on any atom is -0.324 e. The number of hydrogen-bond acceptors (Lipinski definition) is 2. The highest BCUT2D eigenvalue weighted by Crippen LogP contribution is 2.25. The summed E-state index contributed by atoms with van der Waals surface area (Å²) in [6.07, 6.45) is 0. The number of benzene rings is 1. The number of hydrazine groups is 1. The Hall–Kier alpha value is -0.780. The monoisotopic (exact) mass is 276 g/mol. The second kappa shape index (κ2) is 5.19. The van der Waals surface area contributed by atoms with E-state index in [1.165, 1.54) is 0 Å². The Morgan fingerprint density at radius 2 is 2.29 bits per heavy atom. The van der Waals surface area contributed by atoms with Crippen molar-refractivity contribution in [2.24, 2.45) is 10.8 Å². The first-order valence-corrected chi connectivity index (χ1v) is 5.00. The third kappa shape index (κ3) is 2.87. The van der Waals surface area contributed by atoms with E-state index in [1.807, 2.05) is 6.07 Å². The maximum absolute atomic E-state index is 5.79. The molecule has 0 spiro atoms. The first-order valence-electron chi connectivity index (χ1n) is 3.83. The summed E-state index contributed by atoms with van der Waals surface area (Å²) in [6, 6.07) is 5.39. The summed E-state index contributed by atoms with van der Waals surface area (Å²) in [4.78, 5) is 3.88. The van der Waals surface area contributed by atoms with E-state index in [0.717, 1.165) is 10.2 Å². The van der Waals surface area contributed by atoms with Gasteiger partial charge in [-0.15, -0.1) is 0 Å². The number of guanidine groups is 1. The molecule has 1 aromatic carbocycles. The fraction of sp³-hybridized carbons (Fsp3) is 0.125. The van der Waals surface area contributed by atoms with Gasteiger partial charge in [0.1, 0.15) is 0 Å². The second-order valence-corrected chi connectivity index (χ2v) is 3.76. The Balaban J connectivity index is 2.87. The smallest absolute Gasteiger partial charge is 0.210 e. The number of anilines is 1. The lowest BCUT2D eigenvalue weighted by atomic mass is 10.3. The van der Waals surface area contributed by atoms with Crippen LogP contribution in [0.1, 0.15) is 0 Å². The second-order valence-electron chi connectivity index (χ2n) is 2.47. The summed E-state index contributed by atoms with van der Waals surface area (Å²) >= 11 is 9.16. The fourth-order valence-corrected chi connectivity index (χ4v) is 1.66. The van der Waals surface area contributed by atoms with Crippen LogP contribution in [0.25, 0.3) is 0 Å². The van der Waals surface area contributed by atoms with Crippen LogP contribution in [-0.4, -0.2) is 13.0 Å². The highest BCUT2D eigenvalue weighted by molar-refractivity contribution is 9.10. The number of hydrogen-bond donors (Lipinski definition) is 3. The van der Waals surface area contributed by atoms with Crippen LogP contribution < -0.4 is 16.6 Å². The molecule has 14 heavy (non-hydrogen) atoms. The number of rotatable bonds is 1. The average Bonchev–Trinajstić information content (AvgIpc) is 2.17. The van der Waals surface area contributed by atoms with Crippen molar-refractivity contribution in [2.75, 3.05) is 12.4 Å². The molecule has 0 amide bonds. The number of halogens is 2. The number of nitrogens with zero attached hydrogens (tertiary/aromatic N) is 1. The van der Waals surface area contributed by atoms with E-state index in [-0.39, 0.29) is 0 Å². The first kappa shape index (κ1) is 11.3. The van der Waals surface area contributed by atoms with Gasteiger partial charge in [0.2, 0.25) is 5.96 Å². The van der Waals surface area contributed by atoms with E-state index < -0.39 is 0 Å². The van der Waals surface area contributed by atoms with Gasteiger partial charge >= 0.3 is 0 Å². The molecule has 4 N–H and O–H groups in total. The molecular formula is C8H10BrClN4. The standard InChI is InChI=1S/C8H10BrClN4/c1-12-8(14-11)13-7-3-2-5(10)4-6(7)9/h2-4H,11H2,1H3,(H2,12,13,14). The molecule has 6 heteroatoms. The summed E-state index contributed by atoms with van der Waals surface area (Å²) < 4.78 is 0.849. The average molecular weight is 278 g/mol. The molecule has 0 unspecified atom stereocenters. The van der Waals surface area contributed by atoms with Gasteiger partial charge in [0.15, 0.2) is 0 Å². The Kier molecular flexibility index (Phi) is 4.19. The predicted octanol–water partition coefficient (Wildman–Crippen LogP) is 1.96. The zero-order valence-corrected chi connectivity index (χ0v) is 9.85. The molecule has 0 fully saturated rings. The molecule has 0 atom stereocenters. The Labute approximate surface area is 95.6 Å². The minimum atomic E-state index is 0.480. The summed E-state index contributed by atoms with van der Waals surface area (Å²) in [6.45, 7) is 0. The Bertz CT molecular complexity index is 353. The van der Waals surface area contributed by atoms with Gasteiger partial charge in [0, 0.05) is 16.5 Å². The van der Waals surface area contributed by atoms with Crippen LogP contribution in [0.15, 0.2) is 27.7 Å². The van der Waals surface area contributed by atoms with Crippen molar-refractivity contribution < 1.29 is 0 Å². The maximum atomic E-state index is 5.79. The summed E-state index contributed by atoms with van der Waals surface area (Å²) in [5.41, 5.74) is 3.27. The number of nitrogens with one attached hydrogen (secondary N) is 2. The van der Waals surface area contributed by atoms with Crippen LogP contribution in [0.3, 0.4) is 0 Å². The van der Waals surface area contributed by atoms with Gasteiger partial charge in [-0.05, 0) is 34.1 Å². The highest BCUT2D eigenvalue weighted by atomic mass is 79.9. The van der Waals surface area contributed by atoms with E-state index >= 15 is 0 Å². The van der Waals surface area contributed by atoms with Crippen LogP contribution >= 0.6 is 27.5 Å². The lowest BCUT2D eigenvalue weighted by Crippen LogP contribution is -2.36. The van der Waals surface area contributed by atoms with Gasteiger partial charge in [0.25, 0.3) is 0 Å². The molecule has 76 valence electrons. The van der Waals surface area contributed by atoms with E-state index in [9.17, 15) is 0 Å². The SMILES string of the molecule is CN=C(NN)Nc1ccc(Cl)cc1Br. The zero-order valence-electron chi connectivity index (χ0n) is 7.51. The van der Waals surface area contributed by atoms with Crippen molar-refractivity contribution >= 4 is 39.2 Å². The molecule has 0 aliphatic carbocycles. The molecule has 0 aliphatic heterocycles. The lowest BCUT2D eigenvalue weighted by molar-refractivity contribution is 1.01. The fourth-order valence-electron chi connectivity index (χ4n) is 0.875. The highest BCUT2D eigenvalue weighted by Gasteiger charge is 2.02. The van der Waals surface area contributed by atoms with Crippen molar-refractivity contribution in [1.29, 1.82) is 0 Å². The van der Waals surface area contributed by atoms with Gasteiger partial charge < -0.3 is 5.32 Å². The van der Waals surface area contributed by atoms with Crippen molar-refractivity contribution in [3.63, 3.8) is 0 Å². The molecule has 0 saturated heterocycles. The van der Waals surface area contributed by atoms with Crippen LogP contribution in [-0.2, 0) is 0 Å². The van der Waals surface area contributed by atoms with E-state index in [4.69, 9.17) is 17.4 Å². The topological polar surface area (TPSA) is 62.4 Å². The van der Waals surface area contributed by atoms with E-state index in [1.54, 1.807) is 19.2 Å². The van der Waals surface area contributed by atoms with Gasteiger partial charge in [0.05, 0.1) is 5.69 Å². The van der Waals surface area contributed by atoms with Crippen molar-refractivity contribution in [3.8, 4) is 0 Å². The quantitative estimate of drug-likeness (QED) is 0.318. The summed E-state index contributed by atoms with van der Waals surface area (Å²) in [7, 11) is 1.63. The summed E-state index contributed by atoms with van der Waals surface area (Å²) in [5.74, 6) is 5.71. The normalized spacial score (nSPS) is 11.3. The van der Waals surface area contributed by atoms with Crippen LogP contribution in [0.2, 0.25) is 5.02 Å².